The van der Waals surface area contributed by atoms with E-state index >= 15 is 0 Å². The first kappa shape index (κ1) is 82.4. The standard InChI is InChI=1S/C18H28N2O2.C17H26N2O2.C16H24N2O2.C15H22N2O3.C15H22N2O2/c1-18(2,3)22-17(21)20-12-4-5-15(13-20)7-6-14-8-10-16(19)11-9-14;1-17(2,3)21-16(20)19-11-10-14(12-19)5-4-13-6-8-15(18)9-7-13;1-16(2,3)20-15(19)18-10-4-5-13(11-18)12-6-8-14(17)9-7-12;1-15(2,3)20-14(18)17-8-9-19-13(10-17)11-4-6-12(16)7-5-11;1-15(2,3)19-14(18)17-9-8-12(10-17)11-4-6-13(16)7-5-11/h8-11,15H,4-7,12-13,19H2,1-3H3;6-9,14H,4-5,10-12,18H2,1-3H3;6-9,13H,4-5,10-11,17H2,1-3H3;4-7,13H,8-10,16H2,1-3H3;4-7,12H,8-10,16H2,1-3H3. The molecule has 0 radical (unpaired) electrons. The zero-order valence-electron chi connectivity index (χ0n) is 63.9. The van der Waals surface area contributed by atoms with E-state index in [9.17, 15) is 24.0 Å². The van der Waals surface area contributed by atoms with Crippen LogP contribution < -0.4 is 28.7 Å². The fourth-order valence-electron chi connectivity index (χ4n) is 12.3. The highest BCUT2D eigenvalue weighted by Crippen LogP contribution is 2.32. The third-order valence-electron chi connectivity index (χ3n) is 17.5. The molecule has 102 heavy (non-hydrogen) atoms. The molecular formula is C81H122N10O11. The molecule has 5 amide bonds. The average molecular weight is 1410 g/mol. The summed E-state index contributed by atoms with van der Waals surface area (Å²) < 4.78 is 32.8. The Hall–Kier alpha value is -8.59. The van der Waals surface area contributed by atoms with Crippen LogP contribution in [0.15, 0.2) is 121 Å². The van der Waals surface area contributed by atoms with E-state index < -0.39 is 28.0 Å². The number of benzene rings is 5. The Kier molecular flexibility index (Phi) is 30.3. The van der Waals surface area contributed by atoms with Gasteiger partial charge in [0.2, 0.25) is 0 Å². The van der Waals surface area contributed by atoms with Crippen LogP contribution >= 0.6 is 0 Å². The van der Waals surface area contributed by atoms with Gasteiger partial charge < -0.3 is 81.6 Å². The summed E-state index contributed by atoms with van der Waals surface area (Å²) in [6.07, 6.45) is 9.46. The molecule has 0 aromatic heterocycles. The Balaban J connectivity index is 0.000000201. The molecule has 5 saturated heterocycles. The minimum atomic E-state index is -0.480. The van der Waals surface area contributed by atoms with Crippen molar-refractivity contribution in [3.63, 3.8) is 0 Å². The van der Waals surface area contributed by atoms with Gasteiger partial charge in [0.25, 0.3) is 0 Å². The molecule has 5 aliphatic heterocycles. The Bertz CT molecular complexity index is 3300. The number of nitrogen functional groups attached to an aromatic ring is 5. The molecular weight excluding hydrogens is 1290 g/mol. The van der Waals surface area contributed by atoms with Crippen molar-refractivity contribution in [3.05, 3.63) is 149 Å². The van der Waals surface area contributed by atoms with Crippen LogP contribution in [0.3, 0.4) is 0 Å². The lowest BCUT2D eigenvalue weighted by atomic mass is 9.91. The Morgan fingerprint density at radius 2 is 0.627 bits per heavy atom. The molecule has 5 aliphatic rings. The summed E-state index contributed by atoms with van der Waals surface area (Å²) >= 11 is 0. The first-order valence-corrected chi connectivity index (χ1v) is 36.5. The van der Waals surface area contributed by atoms with E-state index in [1.165, 1.54) is 28.7 Å². The van der Waals surface area contributed by atoms with Crippen LogP contribution in [0.5, 0.6) is 0 Å². The van der Waals surface area contributed by atoms with Crippen LogP contribution in [0.2, 0.25) is 0 Å². The van der Waals surface area contributed by atoms with Crippen LogP contribution in [-0.4, -0.2) is 155 Å². The number of aryl methyl sites for hydroxylation is 2. The van der Waals surface area contributed by atoms with Gasteiger partial charge in [0, 0.05) is 99.2 Å². The summed E-state index contributed by atoms with van der Waals surface area (Å²) in [4.78, 5) is 69.3. The Morgan fingerprint density at radius 1 is 0.343 bits per heavy atom. The van der Waals surface area contributed by atoms with Crippen LogP contribution in [0, 0.1) is 11.8 Å². The van der Waals surface area contributed by atoms with Crippen molar-refractivity contribution < 1.29 is 52.4 Å². The van der Waals surface area contributed by atoms with E-state index in [2.05, 4.69) is 36.4 Å². The van der Waals surface area contributed by atoms with Crippen molar-refractivity contribution in [1.29, 1.82) is 0 Å². The molecule has 5 aromatic rings. The largest absolute Gasteiger partial charge is 0.444 e. The maximum absolute atomic E-state index is 12.2. The second kappa shape index (κ2) is 37.5. The molecule has 0 spiro atoms. The highest BCUT2D eigenvalue weighted by molar-refractivity contribution is 5.70. The normalized spacial score (nSPS) is 19.4. The van der Waals surface area contributed by atoms with Crippen molar-refractivity contribution in [2.75, 3.05) is 101 Å². The number of carbonyl (C=O) groups is 5. The number of carbonyl (C=O) groups excluding carboxylic acids is 5. The summed E-state index contributed by atoms with van der Waals surface area (Å²) in [5.74, 6) is 1.87. The SMILES string of the molecule is CC(C)(C)OC(=O)N1CCC(CCc2ccc(N)cc2)C1.CC(C)(C)OC(=O)N1CCC(c2ccc(N)cc2)C1.CC(C)(C)OC(=O)N1CCCC(CCc2ccc(N)cc2)C1.CC(C)(C)OC(=O)N1CCCC(c2ccc(N)cc2)C1.CC(C)(C)OC(=O)N1CCOC(c2ccc(N)cc2)C1. The van der Waals surface area contributed by atoms with Gasteiger partial charge in [0.05, 0.1) is 13.2 Å². The van der Waals surface area contributed by atoms with Crippen molar-refractivity contribution in [1.82, 2.24) is 24.5 Å². The van der Waals surface area contributed by atoms with Crippen LogP contribution in [0.4, 0.5) is 52.4 Å². The number of amides is 5. The molecule has 0 bridgehead atoms. The van der Waals surface area contributed by atoms with Gasteiger partial charge >= 0.3 is 30.5 Å². The predicted molar refractivity (Wildman–Crippen MR) is 409 cm³/mol. The van der Waals surface area contributed by atoms with Gasteiger partial charge in [0.1, 0.15) is 34.1 Å². The number of ether oxygens (including phenoxy) is 6. The summed E-state index contributed by atoms with van der Waals surface area (Å²) in [7, 11) is 0. The third kappa shape index (κ3) is 30.5. The summed E-state index contributed by atoms with van der Waals surface area (Å²) in [6, 6.07) is 39.5. The van der Waals surface area contributed by atoms with Crippen molar-refractivity contribution >= 4 is 58.9 Å². The third-order valence-corrected chi connectivity index (χ3v) is 17.5. The zero-order chi connectivity index (χ0) is 75.2. The van der Waals surface area contributed by atoms with Gasteiger partial charge in [0.15, 0.2) is 0 Å². The van der Waals surface area contributed by atoms with E-state index in [1.807, 2.05) is 203 Å². The highest BCUT2D eigenvalue weighted by Gasteiger charge is 2.34. The fourth-order valence-corrected chi connectivity index (χ4v) is 12.3. The summed E-state index contributed by atoms with van der Waals surface area (Å²) in [5.41, 5.74) is 36.3. The van der Waals surface area contributed by atoms with E-state index in [0.717, 1.165) is 138 Å². The number of likely N-dealkylation sites (tertiary alicyclic amines) is 4. The van der Waals surface area contributed by atoms with Crippen molar-refractivity contribution in [2.24, 2.45) is 11.8 Å². The predicted octanol–water partition coefficient (Wildman–Crippen LogP) is 16.3. The second-order valence-electron chi connectivity index (χ2n) is 32.5. The molecule has 5 atom stereocenters. The van der Waals surface area contributed by atoms with E-state index in [-0.39, 0.29) is 36.6 Å². The van der Waals surface area contributed by atoms with Crippen LogP contribution in [0.1, 0.15) is 201 Å². The monoisotopic (exact) mass is 1410 g/mol. The van der Waals surface area contributed by atoms with Crippen molar-refractivity contribution in [3.8, 4) is 0 Å². The molecule has 5 unspecified atom stereocenters. The molecule has 21 heteroatoms. The molecule has 0 aliphatic carbocycles. The minimum absolute atomic E-state index is 0.128. The van der Waals surface area contributed by atoms with E-state index in [1.54, 1.807) is 9.80 Å². The summed E-state index contributed by atoms with van der Waals surface area (Å²) in [5, 5.41) is 0. The van der Waals surface area contributed by atoms with Gasteiger partial charge in [-0.3, -0.25) is 0 Å². The first-order chi connectivity index (χ1) is 47.7. The number of hydrogen-bond acceptors (Lipinski definition) is 16. The maximum atomic E-state index is 12.2. The lowest BCUT2D eigenvalue weighted by Gasteiger charge is -2.34. The lowest BCUT2D eigenvalue weighted by molar-refractivity contribution is -0.0432. The van der Waals surface area contributed by atoms with Gasteiger partial charge in [-0.05, 0) is 268 Å². The first-order valence-electron chi connectivity index (χ1n) is 36.5. The number of rotatable bonds is 9. The molecule has 10 N–H and O–H groups in total. The van der Waals surface area contributed by atoms with Gasteiger partial charge in [-0.2, -0.15) is 0 Å². The average Bonchev–Trinajstić information content (AvgIpc) is 1.50. The number of piperidine rings is 2. The van der Waals surface area contributed by atoms with Gasteiger partial charge in [-0.15, -0.1) is 0 Å². The fraction of sp³-hybridized carbons (Fsp3) is 0.568. The lowest BCUT2D eigenvalue weighted by Crippen LogP contribution is -2.44. The highest BCUT2D eigenvalue weighted by atomic mass is 16.6. The van der Waals surface area contributed by atoms with Gasteiger partial charge in [-0.1, -0.05) is 60.7 Å². The number of anilines is 5. The van der Waals surface area contributed by atoms with Crippen LogP contribution in [0.25, 0.3) is 0 Å². The van der Waals surface area contributed by atoms with Gasteiger partial charge in [-0.25, -0.2) is 24.0 Å². The quantitative estimate of drug-likeness (QED) is 0.0677. The smallest absolute Gasteiger partial charge is 0.410 e. The molecule has 10 rings (SSSR count). The van der Waals surface area contributed by atoms with Crippen LogP contribution in [-0.2, 0) is 41.3 Å². The summed E-state index contributed by atoms with van der Waals surface area (Å²) in [6.45, 7) is 36.2. The molecule has 5 aromatic carbocycles. The maximum Gasteiger partial charge on any atom is 0.410 e. The minimum Gasteiger partial charge on any atom is -0.444 e. The Morgan fingerprint density at radius 3 is 1.00 bits per heavy atom. The number of nitrogens with zero attached hydrogens (tertiary/aromatic N) is 5. The Labute approximate surface area is 608 Å². The number of nitrogens with two attached hydrogens (primary N) is 5. The number of hydrogen-bond donors (Lipinski definition) is 5. The van der Waals surface area contributed by atoms with E-state index in [4.69, 9.17) is 57.1 Å². The number of morpholine rings is 1. The molecule has 5 fully saturated rings. The topological polar surface area (TPSA) is 287 Å². The molecule has 21 nitrogen and oxygen atoms in total. The van der Waals surface area contributed by atoms with E-state index in [0.29, 0.717) is 49.1 Å². The molecule has 0 saturated carbocycles. The van der Waals surface area contributed by atoms with Crippen molar-refractivity contribution in [2.45, 2.75) is 214 Å². The zero-order valence-corrected chi connectivity index (χ0v) is 63.9. The molecule has 562 valence electrons. The molecule has 5 heterocycles. The second-order valence-corrected chi connectivity index (χ2v) is 32.5.